The topological polar surface area (TPSA) is 307 Å². The highest BCUT2D eigenvalue weighted by Gasteiger charge is 2.53. The Morgan fingerprint density at radius 2 is 0.761 bits per heavy atom. The second-order valence-electron chi connectivity index (χ2n) is 23.5. The molecule has 522 valence electrons. The summed E-state index contributed by atoms with van der Waals surface area (Å²) in [6.45, 7) is 1.48. The van der Waals surface area contributed by atoms with Crippen molar-refractivity contribution in [3.05, 3.63) is 146 Å². The van der Waals surface area contributed by atoms with Gasteiger partial charge in [-0.1, -0.05) is 205 Å². The molecule has 0 spiro atoms. The highest BCUT2D eigenvalue weighted by Crippen LogP contribution is 2.33. The van der Waals surface area contributed by atoms with Crippen molar-refractivity contribution in [2.45, 2.75) is 279 Å². The second kappa shape index (κ2) is 52.9. The van der Waals surface area contributed by atoms with Gasteiger partial charge in [-0.15, -0.1) is 0 Å². The Kier molecular flexibility index (Phi) is 47.1. The molecule has 3 heterocycles. The molecule has 0 aromatic heterocycles. The predicted octanol–water partition coefficient (Wildman–Crippen LogP) is 8.76. The van der Waals surface area contributed by atoms with Crippen LogP contribution in [0.5, 0.6) is 0 Å². The summed E-state index contributed by atoms with van der Waals surface area (Å²) in [7, 11) is 0. The Hall–Kier alpha value is -4.33. The first-order valence-electron chi connectivity index (χ1n) is 34.1. The Bertz CT molecular complexity index is 2240. The molecular formula is C73H117NO18. The van der Waals surface area contributed by atoms with E-state index in [4.69, 9.17) is 28.4 Å². The molecule has 12 N–H and O–H groups in total. The first-order chi connectivity index (χ1) is 44.8. The van der Waals surface area contributed by atoms with Crippen LogP contribution in [0.25, 0.3) is 0 Å². The normalized spacial score (nSPS) is 28.6. The molecule has 0 radical (unpaired) electrons. The van der Waals surface area contributed by atoms with Crippen LogP contribution in [0.15, 0.2) is 146 Å². The van der Waals surface area contributed by atoms with E-state index in [0.717, 1.165) is 128 Å². The number of aliphatic hydroxyl groups excluding tert-OH is 11. The number of hydrogen-bond acceptors (Lipinski definition) is 18. The molecule has 0 aromatic carbocycles. The third-order valence-corrected chi connectivity index (χ3v) is 15.8. The van der Waals surface area contributed by atoms with Crippen LogP contribution >= 0.6 is 0 Å². The zero-order valence-electron chi connectivity index (χ0n) is 55.0. The van der Waals surface area contributed by atoms with Crippen molar-refractivity contribution in [3.8, 4) is 0 Å². The monoisotopic (exact) mass is 1300 g/mol. The van der Waals surface area contributed by atoms with Crippen LogP contribution in [0.4, 0.5) is 0 Å². The van der Waals surface area contributed by atoms with Crippen molar-refractivity contribution in [1.82, 2.24) is 5.32 Å². The zero-order chi connectivity index (χ0) is 66.8. The number of amides is 1. The average molecular weight is 1300 g/mol. The number of carbonyl (C=O) groups is 1. The first kappa shape index (κ1) is 81.9. The molecule has 0 bridgehead atoms. The lowest BCUT2D eigenvalue weighted by Gasteiger charge is -2.48. The fraction of sp³-hybridized carbons (Fsp3) is 0.658. The van der Waals surface area contributed by atoms with Crippen LogP contribution in [-0.4, -0.2) is 193 Å². The third kappa shape index (κ3) is 34.4. The average Bonchev–Trinajstić information content (AvgIpc) is 0.830. The molecule has 1 amide bonds. The number of nitrogens with one attached hydrogen (secondary N) is 1. The molecule has 3 rings (SSSR count). The Morgan fingerprint density at radius 1 is 0.402 bits per heavy atom. The van der Waals surface area contributed by atoms with E-state index in [0.29, 0.717) is 12.8 Å². The van der Waals surface area contributed by atoms with E-state index in [1.54, 1.807) is 6.08 Å². The summed E-state index contributed by atoms with van der Waals surface area (Å²) in [4.78, 5) is 13.4. The molecule has 3 aliphatic heterocycles. The molecule has 19 nitrogen and oxygen atoms in total. The summed E-state index contributed by atoms with van der Waals surface area (Å²) in [5.41, 5.74) is 0. The molecule has 0 aliphatic carbocycles. The van der Waals surface area contributed by atoms with Crippen molar-refractivity contribution in [1.29, 1.82) is 0 Å². The van der Waals surface area contributed by atoms with E-state index < -0.39 is 124 Å². The largest absolute Gasteiger partial charge is 0.394 e. The summed E-state index contributed by atoms with van der Waals surface area (Å²) >= 11 is 0. The summed E-state index contributed by atoms with van der Waals surface area (Å²) in [6, 6.07) is -1.01. The molecule has 0 saturated carbocycles. The van der Waals surface area contributed by atoms with E-state index in [1.165, 1.54) is 12.8 Å². The number of ether oxygens (including phenoxy) is 6. The first-order valence-corrected chi connectivity index (χ1v) is 34.1. The summed E-state index contributed by atoms with van der Waals surface area (Å²) in [5, 5.41) is 120. The van der Waals surface area contributed by atoms with E-state index >= 15 is 0 Å². The highest BCUT2D eigenvalue weighted by molar-refractivity contribution is 5.76. The smallest absolute Gasteiger partial charge is 0.220 e. The minimum absolute atomic E-state index is 0.208. The van der Waals surface area contributed by atoms with Crippen molar-refractivity contribution in [2.24, 2.45) is 0 Å². The fourth-order valence-corrected chi connectivity index (χ4v) is 10.3. The molecule has 3 aliphatic rings. The van der Waals surface area contributed by atoms with Gasteiger partial charge in [-0.2, -0.15) is 0 Å². The fourth-order valence-electron chi connectivity index (χ4n) is 10.3. The van der Waals surface area contributed by atoms with Gasteiger partial charge in [0.25, 0.3) is 0 Å². The molecule has 0 aromatic rings. The van der Waals surface area contributed by atoms with Crippen molar-refractivity contribution < 1.29 is 89.4 Å². The van der Waals surface area contributed by atoms with Crippen molar-refractivity contribution in [3.63, 3.8) is 0 Å². The Morgan fingerprint density at radius 3 is 1.22 bits per heavy atom. The van der Waals surface area contributed by atoms with Gasteiger partial charge in [0, 0.05) is 6.42 Å². The molecule has 19 heteroatoms. The lowest BCUT2D eigenvalue weighted by Crippen LogP contribution is -2.66. The summed E-state index contributed by atoms with van der Waals surface area (Å²) < 4.78 is 34.2. The minimum atomic E-state index is -1.99. The van der Waals surface area contributed by atoms with Crippen LogP contribution in [0.3, 0.4) is 0 Å². The van der Waals surface area contributed by atoms with Crippen LogP contribution in [0.2, 0.25) is 0 Å². The zero-order valence-corrected chi connectivity index (χ0v) is 55.0. The lowest BCUT2D eigenvalue weighted by molar-refractivity contribution is -0.379. The van der Waals surface area contributed by atoms with Gasteiger partial charge in [0.05, 0.1) is 38.6 Å². The standard InChI is InChI=1S/C73H117NO18/c1-3-5-7-9-11-13-15-17-18-19-20-21-22-23-24-25-26-27-28-29-30-31-32-33-34-35-36-37-38-39-41-43-45-47-49-51-61(79)74-56(57(78)50-48-46-44-42-40-16-14-12-10-8-6-4-2)55-87-71-67(85)64(82)69(59(53-76)89-71)92-73-68(86)65(83)70(60(54-77)90-73)91-72-66(84)63(81)62(80)58(52-75)88-72/h5,7,10-13,17-18,20-21,23-24,26-27,29-30,32-33,35-36,40,42,48,50,56-60,62-73,75-78,80-86H,3-4,6,8-9,14-16,19,22,25,28,31,34,37-39,41,43-47,49,51-55H2,1-2H3,(H,74,79)/b7-5-,12-10+,13-11-,18-17-,21-20-,24-23-,27-26-,30-29-,33-32-,36-35-,42-40+,50-48+. The molecule has 17 unspecified atom stereocenters. The Labute approximate surface area is 549 Å². The highest BCUT2D eigenvalue weighted by atomic mass is 16.8. The van der Waals surface area contributed by atoms with Crippen LogP contribution in [0, 0.1) is 0 Å². The summed E-state index contributed by atoms with van der Waals surface area (Å²) in [5.74, 6) is -0.310. The number of hydrogen-bond donors (Lipinski definition) is 12. The van der Waals surface area contributed by atoms with Gasteiger partial charge < -0.3 is 89.9 Å². The lowest BCUT2D eigenvalue weighted by atomic mass is 9.96. The molecule has 3 fully saturated rings. The number of aliphatic hydroxyl groups is 11. The molecule has 3 saturated heterocycles. The molecule has 17 atom stereocenters. The van der Waals surface area contributed by atoms with E-state index in [-0.39, 0.29) is 18.9 Å². The van der Waals surface area contributed by atoms with Gasteiger partial charge in [0.2, 0.25) is 5.91 Å². The van der Waals surface area contributed by atoms with E-state index in [1.807, 2.05) is 6.08 Å². The quantitative estimate of drug-likeness (QED) is 0.0200. The van der Waals surface area contributed by atoms with Gasteiger partial charge in [0.15, 0.2) is 18.9 Å². The van der Waals surface area contributed by atoms with Crippen molar-refractivity contribution >= 4 is 5.91 Å². The summed E-state index contributed by atoms with van der Waals surface area (Å²) in [6.07, 6.45) is 48.4. The van der Waals surface area contributed by atoms with Gasteiger partial charge in [-0.05, 0) is 109 Å². The van der Waals surface area contributed by atoms with E-state index in [9.17, 15) is 61.0 Å². The van der Waals surface area contributed by atoms with Crippen LogP contribution < -0.4 is 5.32 Å². The number of unbranched alkanes of at least 4 members (excludes halogenated alkanes) is 11. The van der Waals surface area contributed by atoms with Gasteiger partial charge >= 0.3 is 0 Å². The van der Waals surface area contributed by atoms with Gasteiger partial charge in [-0.3, -0.25) is 4.79 Å². The number of carbonyl (C=O) groups excluding carboxylic acids is 1. The van der Waals surface area contributed by atoms with Crippen molar-refractivity contribution in [2.75, 3.05) is 26.4 Å². The maximum Gasteiger partial charge on any atom is 0.220 e. The van der Waals surface area contributed by atoms with Crippen LogP contribution in [0.1, 0.15) is 174 Å². The Balaban J connectivity index is 1.38. The minimum Gasteiger partial charge on any atom is -0.394 e. The maximum absolute atomic E-state index is 13.4. The van der Waals surface area contributed by atoms with Crippen LogP contribution in [-0.2, 0) is 33.2 Å². The number of allylic oxidation sites excluding steroid dienone is 23. The SMILES string of the molecule is CC/C=C\C/C=C\C/C=C\C/C=C\C/C=C\C/C=C\C/C=C\C/C=C\C/C=C\CCCCCCCCCC(=O)NC(COC1OC(CO)C(OC2OC(CO)C(OC3OC(CO)C(O)C(O)C3O)C(O)C2O)C(O)C1O)C(O)/C=C/CC/C=C/CC/C=C/CCCC. The molecule has 92 heavy (non-hydrogen) atoms. The van der Waals surface area contributed by atoms with Gasteiger partial charge in [0.1, 0.15) is 73.2 Å². The van der Waals surface area contributed by atoms with Gasteiger partial charge in [-0.25, -0.2) is 0 Å². The second-order valence-corrected chi connectivity index (χ2v) is 23.5. The number of rotatable bonds is 49. The molecular weight excluding hydrogens is 1180 g/mol. The third-order valence-electron chi connectivity index (χ3n) is 15.8. The maximum atomic E-state index is 13.4. The van der Waals surface area contributed by atoms with E-state index in [2.05, 4.69) is 153 Å². The predicted molar refractivity (Wildman–Crippen MR) is 359 cm³/mol.